The van der Waals surface area contributed by atoms with Crippen LogP contribution in [0.1, 0.15) is 75.6 Å². The van der Waals surface area contributed by atoms with E-state index in [1.807, 2.05) is 20.8 Å². The Labute approximate surface area is 218 Å². The highest BCUT2D eigenvalue weighted by Crippen LogP contribution is 2.41. The van der Waals surface area contributed by atoms with Crippen LogP contribution in [0.15, 0.2) is 18.2 Å². The molecule has 0 aliphatic carbocycles. The number of fused-ring (bicyclic) bond motifs is 1. The molecule has 1 aromatic carbocycles. The second-order valence-electron chi connectivity index (χ2n) is 10.7. The van der Waals surface area contributed by atoms with Gasteiger partial charge >= 0.3 is 6.18 Å². The Balaban J connectivity index is 1.91. The molecule has 0 radical (unpaired) electrons. The molecule has 3 rings (SSSR count). The van der Waals surface area contributed by atoms with E-state index in [1.54, 1.807) is 4.90 Å². The first-order chi connectivity index (χ1) is 17.3. The minimum Gasteiger partial charge on any atom is -0.381 e. The molecule has 1 fully saturated rings. The number of alkyl halides is 3. The lowest BCUT2D eigenvalue weighted by atomic mass is 9.69. The maximum Gasteiger partial charge on any atom is 0.416 e. The number of carbonyl (C=O) groups excluding carboxylic acids is 1. The zero-order valence-electron chi connectivity index (χ0n) is 22.2. The molecule has 2 atom stereocenters. The van der Waals surface area contributed by atoms with Crippen LogP contribution in [0.25, 0.3) is 0 Å². The number of nitrogens with one attached hydrogen (secondary N) is 2. The van der Waals surface area contributed by atoms with Crippen LogP contribution >= 0.6 is 0 Å². The van der Waals surface area contributed by atoms with Crippen LogP contribution in [-0.4, -0.2) is 57.8 Å². The Morgan fingerprint density at radius 2 is 1.86 bits per heavy atom. The summed E-state index contributed by atoms with van der Waals surface area (Å²) in [6, 6.07) is 2.83. The summed E-state index contributed by atoms with van der Waals surface area (Å²) in [5.41, 5.74) is -0.760. The van der Waals surface area contributed by atoms with Crippen LogP contribution in [0.3, 0.4) is 0 Å². The Bertz CT molecular complexity index is 1040. The molecule has 1 saturated heterocycles. The Kier molecular flexibility index (Phi) is 9.69. The molecule has 37 heavy (non-hydrogen) atoms. The van der Waals surface area contributed by atoms with Crippen molar-refractivity contribution in [2.75, 3.05) is 32.6 Å². The SMILES string of the molecule is CCC[C@@](CCNC1CCOCC1)(C(=O)N1Cc2cc(C(F)(F)F)ccc2[C@H](NS(C)(=O)=O)C1)C(C)C. The zero-order valence-corrected chi connectivity index (χ0v) is 23.0. The predicted octanol–water partition coefficient (Wildman–Crippen LogP) is 4.24. The predicted molar refractivity (Wildman–Crippen MR) is 136 cm³/mol. The minimum absolute atomic E-state index is 0.00556. The highest BCUT2D eigenvalue weighted by atomic mass is 32.2. The fourth-order valence-electron chi connectivity index (χ4n) is 5.69. The summed E-state index contributed by atoms with van der Waals surface area (Å²) in [5.74, 6) is -0.151. The molecule has 210 valence electrons. The van der Waals surface area contributed by atoms with Gasteiger partial charge in [-0.05, 0) is 61.4 Å². The number of carbonyl (C=O) groups is 1. The van der Waals surface area contributed by atoms with Crippen molar-refractivity contribution in [2.45, 2.75) is 77.7 Å². The van der Waals surface area contributed by atoms with Crippen LogP contribution < -0.4 is 10.0 Å². The fraction of sp³-hybridized carbons (Fsp3) is 0.731. The van der Waals surface area contributed by atoms with E-state index >= 15 is 0 Å². The molecule has 7 nitrogen and oxygen atoms in total. The average Bonchev–Trinajstić information content (AvgIpc) is 2.81. The van der Waals surface area contributed by atoms with E-state index in [0.29, 0.717) is 49.8 Å². The van der Waals surface area contributed by atoms with Gasteiger partial charge < -0.3 is 15.0 Å². The summed E-state index contributed by atoms with van der Waals surface area (Å²) < 4.78 is 72.5. The topological polar surface area (TPSA) is 87.7 Å². The van der Waals surface area contributed by atoms with Crippen molar-refractivity contribution in [1.29, 1.82) is 0 Å². The summed E-state index contributed by atoms with van der Waals surface area (Å²) in [7, 11) is -3.67. The van der Waals surface area contributed by atoms with Crippen molar-refractivity contribution in [1.82, 2.24) is 14.9 Å². The smallest absolute Gasteiger partial charge is 0.381 e. The quantitative estimate of drug-likeness (QED) is 0.458. The van der Waals surface area contributed by atoms with Crippen molar-refractivity contribution < 1.29 is 31.1 Å². The molecule has 2 N–H and O–H groups in total. The van der Waals surface area contributed by atoms with Gasteiger partial charge in [0, 0.05) is 32.3 Å². The molecule has 1 aromatic rings. The lowest BCUT2D eigenvalue weighted by Gasteiger charge is -2.44. The number of hydrogen-bond donors (Lipinski definition) is 2. The number of hydrogen-bond acceptors (Lipinski definition) is 5. The van der Waals surface area contributed by atoms with E-state index in [9.17, 15) is 26.4 Å². The van der Waals surface area contributed by atoms with E-state index in [-0.39, 0.29) is 24.9 Å². The number of nitrogens with zero attached hydrogens (tertiary/aromatic N) is 1. The third-order valence-electron chi connectivity index (χ3n) is 7.71. The number of sulfonamides is 1. The highest BCUT2D eigenvalue weighted by Gasteiger charge is 2.45. The van der Waals surface area contributed by atoms with Crippen LogP contribution in [0.4, 0.5) is 13.2 Å². The number of amides is 1. The Morgan fingerprint density at radius 3 is 2.43 bits per heavy atom. The third kappa shape index (κ3) is 7.46. The first-order valence-electron chi connectivity index (χ1n) is 13.0. The molecule has 0 saturated carbocycles. The summed E-state index contributed by atoms with van der Waals surface area (Å²) in [6.45, 7) is 8.17. The molecular weight excluding hydrogens is 507 g/mol. The third-order valence-corrected chi connectivity index (χ3v) is 8.42. The molecule has 0 spiro atoms. The largest absolute Gasteiger partial charge is 0.416 e. The average molecular weight is 548 g/mol. The lowest BCUT2D eigenvalue weighted by molar-refractivity contribution is -0.148. The molecule has 2 aliphatic rings. The molecule has 2 heterocycles. The van der Waals surface area contributed by atoms with Gasteiger partial charge in [0.15, 0.2) is 0 Å². The lowest BCUT2D eigenvalue weighted by Crippen LogP contribution is -2.52. The van der Waals surface area contributed by atoms with E-state index in [0.717, 1.165) is 37.7 Å². The monoisotopic (exact) mass is 547 g/mol. The first-order valence-corrected chi connectivity index (χ1v) is 14.9. The Morgan fingerprint density at radius 1 is 1.19 bits per heavy atom. The van der Waals surface area contributed by atoms with Gasteiger partial charge in [-0.2, -0.15) is 13.2 Å². The molecule has 0 bridgehead atoms. The van der Waals surface area contributed by atoms with Crippen molar-refractivity contribution in [2.24, 2.45) is 11.3 Å². The maximum atomic E-state index is 14.2. The van der Waals surface area contributed by atoms with Gasteiger partial charge in [-0.1, -0.05) is 33.3 Å². The van der Waals surface area contributed by atoms with E-state index in [4.69, 9.17) is 4.74 Å². The summed E-state index contributed by atoms with van der Waals surface area (Å²) in [4.78, 5) is 15.8. The van der Waals surface area contributed by atoms with Gasteiger partial charge in [-0.3, -0.25) is 4.79 Å². The van der Waals surface area contributed by atoms with Crippen molar-refractivity contribution in [3.63, 3.8) is 0 Å². The number of ether oxygens (including phenoxy) is 1. The molecule has 0 aromatic heterocycles. The van der Waals surface area contributed by atoms with Crippen molar-refractivity contribution in [3.8, 4) is 0 Å². The summed E-state index contributed by atoms with van der Waals surface area (Å²) in [5, 5.41) is 3.56. The number of benzene rings is 1. The zero-order chi connectivity index (χ0) is 27.4. The van der Waals surface area contributed by atoms with E-state index in [1.165, 1.54) is 6.07 Å². The molecule has 0 unspecified atom stereocenters. The molecule has 11 heteroatoms. The number of halogens is 3. The molecule has 1 amide bonds. The van der Waals surface area contributed by atoms with Gasteiger partial charge in [-0.15, -0.1) is 0 Å². The van der Waals surface area contributed by atoms with Crippen molar-refractivity contribution in [3.05, 3.63) is 34.9 Å². The second-order valence-corrected chi connectivity index (χ2v) is 12.5. The fourth-order valence-corrected chi connectivity index (χ4v) is 6.41. The van der Waals surface area contributed by atoms with Crippen LogP contribution in [0, 0.1) is 11.3 Å². The van der Waals surface area contributed by atoms with Gasteiger partial charge in [0.1, 0.15) is 0 Å². The first kappa shape index (κ1) is 29.9. The van der Waals surface area contributed by atoms with Gasteiger partial charge in [0.05, 0.1) is 23.3 Å². The highest BCUT2D eigenvalue weighted by molar-refractivity contribution is 7.88. The number of rotatable bonds is 10. The van der Waals surface area contributed by atoms with E-state index in [2.05, 4.69) is 10.0 Å². The van der Waals surface area contributed by atoms with Crippen LogP contribution in [0.5, 0.6) is 0 Å². The molecular formula is C26H40F3N3O4S. The van der Waals surface area contributed by atoms with Gasteiger partial charge in [0.25, 0.3) is 0 Å². The summed E-state index contributed by atoms with van der Waals surface area (Å²) in [6.07, 6.45) is 0.296. The van der Waals surface area contributed by atoms with Crippen molar-refractivity contribution >= 4 is 15.9 Å². The maximum absolute atomic E-state index is 14.2. The standard InChI is InChI=1S/C26H40F3N3O4S/c1-5-10-25(18(2)3,11-12-30-21-8-13-36-14-9-21)24(33)32-16-19-15-20(26(27,28)29)6-7-22(19)23(17-32)31-37(4,34)35/h6-7,15,18,21,23,30-31H,5,8-14,16-17H2,1-4H3/t23-,25+/m1/s1. The van der Waals surface area contributed by atoms with Crippen LogP contribution in [-0.2, 0) is 32.3 Å². The van der Waals surface area contributed by atoms with Crippen LogP contribution in [0.2, 0.25) is 0 Å². The van der Waals surface area contributed by atoms with E-state index < -0.39 is 33.2 Å². The normalized spacial score (nSPS) is 21.1. The molecule has 2 aliphatic heterocycles. The minimum atomic E-state index is -4.54. The Hall–Kier alpha value is -1.69. The van der Waals surface area contributed by atoms with Gasteiger partial charge in [-0.25, -0.2) is 13.1 Å². The summed E-state index contributed by atoms with van der Waals surface area (Å²) >= 11 is 0. The second kappa shape index (κ2) is 12.0. The van der Waals surface area contributed by atoms with Gasteiger partial charge in [0.2, 0.25) is 15.9 Å².